The molecule has 0 bridgehead atoms. The normalized spacial score (nSPS) is 14.5. The summed E-state index contributed by atoms with van der Waals surface area (Å²) in [6.07, 6.45) is 2.35. The van der Waals surface area contributed by atoms with Crippen LogP contribution in [0, 0.1) is 12.8 Å². The third-order valence-corrected chi connectivity index (χ3v) is 5.47. The van der Waals surface area contributed by atoms with Crippen LogP contribution in [0.25, 0.3) is 5.69 Å². The van der Waals surface area contributed by atoms with Crippen molar-refractivity contribution in [2.24, 2.45) is 5.92 Å². The fourth-order valence-electron chi connectivity index (χ4n) is 3.91. The molecule has 8 nitrogen and oxygen atoms in total. The molecule has 1 saturated heterocycles. The van der Waals surface area contributed by atoms with Gasteiger partial charge in [0.15, 0.2) is 5.82 Å². The molecule has 2 aromatic rings. The maximum atomic E-state index is 12.5. The van der Waals surface area contributed by atoms with E-state index >= 15 is 0 Å². The van der Waals surface area contributed by atoms with Crippen LogP contribution < -0.4 is 15.5 Å². The van der Waals surface area contributed by atoms with E-state index in [1.807, 2.05) is 48.9 Å². The van der Waals surface area contributed by atoms with Crippen molar-refractivity contribution in [3.63, 3.8) is 0 Å². The highest BCUT2D eigenvalue weighted by Gasteiger charge is 2.29. The number of ether oxygens (including phenoxy) is 1. The first kappa shape index (κ1) is 22.8. The third-order valence-electron chi connectivity index (χ3n) is 5.47. The highest BCUT2D eigenvalue weighted by atomic mass is 16.5. The standard InChI is InChI=1S/C23H33N5O3/c1-4-31-16-8-13-24-22(30)19-11-14-27(15-12-19)23-21(25-18(3)29)17(2)26-28(23)20-9-6-5-7-10-20/h5-7,9-10,19H,4,8,11-16H2,1-3H3,(H,24,30)(H,25,29). The van der Waals surface area contributed by atoms with Gasteiger partial charge in [-0.2, -0.15) is 5.10 Å². The predicted octanol–water partition coefficient (Wildman–Crippen LogP) is 2.90. The molecule has 1 aliphatic heterocycles. The number of rotatable bonds is 9. The Morgan fingerprint density at radius 3 is 2.55 bits per heavy atom. The van der Waals surface area contributed by atoms with Gasteiger partial charge < -0.3 is 20.3 Å². The number of hydrogen-bond donors (Lipinski definition) is 2. The van der Waals surface area contributed by atoms with Crippen molar-refractivity contribution in [2.75, 3.05) is 43.1 Å². The minimum atomic E-state index is -0.127. The van der Waals surface area contributed by atoms with E-state index in [4.69, 9.17) is 9.84 Å². The molecule has 31 heavy (non-hydrogen) atoms. The van der Waals surface area contributed by atoms with Crippen LogP contribution in [0.3, 0.4) is 0 Å². The van der Waals surface area contributed by atoms with Crippen LogP contribution in [0.2, 0.25) is 0 Å². The second-order valence-corrected chi connectivity index (χ2v) is 7.82. The molecule has 1 aromatic heterocycles. The van der Waals surface area contributed by atoms with Gasteiger partial charge in [-0.1, -0.05) is 18.2 Å². The van der Waals surface area contributed by atoms with Gasteiger partial charge in [-0.05, 0) is 45.2 Å². The zero-order valence-corrected chi connectivity index (χ0v) is 18.7. The van der Waals surface area contributed by atoms with E-state index in [1.54, 1.807) is 0 Å². The minimum Gasteiger partial charge on any atom is -0.382 e. The summed E-state index contributed by atoms with van der Waals surface area (Å²) in [6.45, 7) is 8.83. The number of carbonyl (C=O) groups excluding carboxylic acids is 2. The number of nitrogens with zero attached hydrogens (tertiary/aromatic N) is 3. The zero-order chi connectivity index (χ0) is 22.2. The van der Waals surface area contributed by atoms with Crippen LogP contribution in [0.15, 0.2) is 30.3 Å². The van der Waals surface area contributed by atoms with E-state index in [0.717, 1.165) is 55.2 Å². The van der Waals surface area contributed by atoms with E-state index < -0.39 is 0 Å². The SMILES string of the molecule is CCOCCCNC(=O)C1CCN(c2c(NC(C)=O)c(C)nn2-c2ccccc2)CC1. The van der Waals surface area contributed by atoms with Gasteiger partial charge >= 0.3 is 0 Å². The number of para-hydroxylation sites is 1. The van der Waals surface area contributed by atoms with Gasteiger partial charge in [0.25, 0.3) is 0 Å². The molecule has 0 saturated carbocycles. The summed E-state index contributed by atoms with van der Waals surface area (Å²) in [5.74, 6) is 0.862. The van der Waals surface area contributed by atoms with Crippen LogP contribution in [0.1, 0.15) is 38.8 Å². The van der Waals surface area contributed by atoms with Gasteiger partial charge in [0.05, 0.1) is 11.4 Å². The summed E-state index contributed by atoms with van der Waals surface area (Å²) in [5.41, 5.74) is 2.43. The van der Waals surface area contributed by atoms with Gasteiger partial charge in [0.1, 0.15) is 5.69 Å². The summed E-state index contributed by atoms with van der Waals surface area (Å²) in [7, 11) is 0. The zero-order valence-electron chi connectivity index (χ0n) is 18.7. The lowest BCUT2D eigenvalue weighted by Crippen LogP contribution is -2.41. The van der Waals surface area contributed by atoms with E-state index in [2.05, 4.69) is 15.5 Å². The molecule has 0 atom stereocenters. The fourth-order valence-corrected chi connectivity index (χ4v) is 3.91. The number of aromatic nitrogens is 2. The van der Waals surface area contributed by atoms with Crippen molar-refractivity contribution < 1.29 is 14.3 Å². The first-order chi connectivity index (χ1) is 15.0. The van der Waals surface area contributed by atoms with Gasteiger partial charge in [0, 0.05) is 45.7 Å². The first-order valence-electron chi connectivity index (χ1n) is 11.0. The minimum absolute atomic E-state index is 0.00162. The first-order valence-corrected chi connectivity index (χ1v) is 11.0. The monoisotopic (exact) mass is 427 g/mol. The Morgan fingerprint density at radius 2 is 1.90 bits per heavy atom. The fraction of sp³-hybridized carbons (Fsp3) is 0.522. The number of piperidine rings is 1. The topological polar surface area (TPSA) is 88.5 Å². The number of nitrogens with one attached hydrogen (secondary N) is 2. The highest BCUT2D eigenvalue weighted by molar-refractivity contribution is 5.93. The van der Waals surface area contributed by atoms with E-state index in [-0.39, 0.29) is 17.7 Å². The molecule has 2 amide bonds. The Kier molecular flexibility index (Phi) is 8.06. The Morgan fingerprint density at radius 1 is 1.19 bits per heavy atom. The van der Waals surface area contributed by atoms with E-state index in [0.29, 0.717) is 19.8 Å². The summed E-state index contributed by atoms with van der Waals surface area (Å²) in [6, 6.07) is 9.89. The van der Waals surface area contributed by atoms with Crippen molar-refractivity contribution in [3.05, 3.63) is 36.0 Å². The summed E-state index contributed by atoms with van der Waals surface area (Å²) in [4.78, 5) is 26.6. The Labute approximate surface area is 183 Å². The largest absolute Gasteiger partial charge is 0.382 e. The quantitative estimate of drug-likeness (QED) is 0.601. The van der Waals surface area contributed by atoms with Crippen LogP contribution >= 0.6 is 0 Å². The molecular formula is C23H33N5O3. The van der Waals surface area contributed by atoms with Crippen molar-refractivity contribution in [1.29, 1.82) is 0 Å². The molecule has 2 N–H and O–H groups in total. The summed E-state index contributed by atoms with van der Waals surface area (Å²) >= 11 is 0. The highest BCUT2D eigenvalue weighted by Crippen LogP contribution is 2.34. The molecule has 1 aromatic carbocycles. The maximum Gasteiger partial charge on any atom is 0.223 e. The van der Waals surface area contributed by atoms with E-state index in [1.165, 1.54) is 6.92 Å². The number of hydrogen-bond acceptors (Lipinski definition) is 5. The summed E-state index contributed by atoms with van der Waals surface area (Å²) in [5, 5.41) is 10.7. The van der Waals surface area contributed by atoms with E-state index in [9.17, 15) is 9.59 Å². The van der Waals surface area contributed by atoms with Gasteiger partial charge in [-0.25, -0.2) is 4.68 Å². The van der Waals surface area contributed by atoms with Crippen LogP contribution in [0.5, 0.6) is 0 Å². The van der Waals surface area contributed by atoms with Gasteiger partial charge in [0.2, 0.25) is 11.8 Å². The Bertz CT molecular complexity index is 873. The van der Waals surface area contributed by atoms with Crippen LogP contribution in [0.4, 0.5) is 11.5 Å². The molecule has 1 fully saturated rings. The van der Waals surface area contributed by atoms with Gasteiger partial charge in [-0.3, -0.25) is 9.59 Å². The molecule has 0 radical (unpaired) electrons. The van der Waals surface area contributed by atoms with Crippen LogP contribution in [-0.2, 0) is 14.3 Å². The number of aryl methyl sites for hydroxylation is 1. The van der Waals surface area contributed by atoms with Crippen molar-refractivity contribution in [3.8, 4) is 5.69 Å². The van der Waals surface area contributed by atoms with Crippen molar-refractivity contribution in [2.45, 2.75) is 40.0 Å². The molecule has 8 heteroatoms. The molecule has 1 aliphatic rings. The molecule has 0 unspecified atom stereocenters. The third kappa shape index (κ3) is 5.85. The van der Waals surface area contributed by atoms with Crippen molar-refractivity contribution >= 4 is 23.3 Å². The average Bonchev–Trinajstić information content (AvgIpc) is 3.09. The molecule has 0 aliphatic carbocycles. The molecule has 3 rings (SSSR count). The van der Waals surface area contributed by atoms with Gasteiger partial charge in [-0.15, -0.1) is 0 Å². The second kappa shape index (κ2) is 10.9. The molecule has 0 spiro atoms. The maximum absolute atomic E-state index is 12.5. The number of amides is 2. The smallest absolute Gasteiger partial charge is 0.223 e. The molecule has 2 heterocycles. The molecule has 168 valence electrons. The number of benzene rings is 1. The Hall–Kier alpha value is -2.87. The average molecular weight is 428 g/mol. The van der Waals surface area contributed by atoms with Crippen molar-refractivity contribution in [1.82, 2.24) is 15.1 Å². The molecular weight excluding hydrogens is 394 g/mol. The Balaban J connectivity index is 1.70. The van der Waals surface area contributed by atoms with Crippen LogP contribution in [-0.4, -0.2) is 54.4 Å². The second-order valence-electron chi connectivity index (χ2n) is 7.82. The lowest BCUT2D eigenvalue weighted by Gasteiger charge is -2.33. The lowest BCUT2D eigenvalue weighted by molar-refractivity contribution is -0.125. The number of anilines is 2. The predicted molar refractivity (Wildman–Crippen MR) is 122 cm³/mol. The lowest BCUT2D eigenvalue weighted by atomic mass is 9.95. The number of carbonyl (C=O) groups is 2. The summed E-state index contributed by atoms with van der Waals surface area (Å²) < 4.78 is 7.20.